The van der Waals surface area contributed by atoms with Crippen molar-refractivity contribution in [3.05, 3.63) is 77.6 Å². The highest BCUT2D eigenvalue weighted by molar-refractivity contribution is 6.04. The summed E-state index contributed by atoms with van der Waals surface area (Å²) in [5.41, 5.74) is 13.0. The van der Waals surface area contributed by atoms with Crippen molar-refractivity contribution < 1.29 is 0 Å². The first kappa shape index (κ1) is 13.9. The van der Waals surface area contributed by atoms with E-state index >= 15 is 0 Å². The smallest absolute Gasteiger partial charge is 0.163 e. The molecule has 0 atom stereocenters. The Kier molecular flexibility index (Phi) is 2.79. The number of aromatic nitrogens is 3. The van der Waals surface area contributed by atoms with Crippen LogP contribution in [0.2, 0.25) is 0 Å². The van der Waals surface area contributed by atoms with Crippen molar-refractivity contribution >= 4 is 16.9 Å². The molecule has 0 saturated carbocycles. The Labute approximate surface area is 144 Å². The highest BCUT2D eigenvalue weighted by Gasteiger charge is 2.20. The summed E-state index contributed by atoms with van der Waals surface area (Å²) in [5.74, 6) is -0.0506. The molecule has 5 rings (SSSR count). The summed E-state index contributed by atoms with van der Waals surface area (Å²) < 4.78 is 1.77. The third-order valence-corrected chi connectivity index (χ3v) is 4.72. The van der Waals surface area contributed by atoms with Crippen molar-refractivity contribution in [3.8, 4) is 16.8 Å². The van der Waals surface area contributed by atoms with Gasteiger partial charge in [0.05, 0.1) is 11.1 Å². The first-order valence-corrected chi connectivity index (χ1v) is 8.12. The van der Waals surface area contributed by atoms with E-state index in [1.165, 1.54) is 22.3 Å². The predicted molar refractivity (Wildman–Crippen MR) is 98.1 cm³/mol. The van der Waals surface area contributed by atoms with Crippen molar-refractivity contribution in [2.75, 3.05) is 0 Å². The molecule has 0 fully saturated rings. The third kappa shape index (κ3) is 1.99. The molecule has 0 saturated heterocycles. The summed E-state index contributed by atoms with van der Waals surface area (Å²) in [4.78, 5) is 4.44. The molecule has 2 aromatic heterocycles. The van der Waals surface area contributed by atoms with Crippen molar-refractivity contribution in [2.24, 2.45) is 5.73 Å². The minimum absolute atomic E-state index is 0.0506. The minimum atomic E-state index is -0.0506. The molecule has 0 aliphatic heterocycles. The average molecular weight is 325 g/mol. The molecule has 1 aliphatic carbocycles. The van der Waals surface area contributed by atoms with E-state index < -0.39 is 0 Å². The van der Waals surface area contributed by atoms with E-state index in [-0.39, 0.29) is 5.84 Å². The fraction of sp³-hybridized carbons (Fsp3) is 0.0500. The molecule has 25 heavy (non-hydrogen) atoms. The van der Waals surface area contributed by atoms with Crippen LogP contribution in [-0.4, -0.2) is 20.6 Å². The Morgan fingerprint density at radius 2 is 1.84 bits per heavy atom. The van der Waals surface area contributed by atoms with Gasteiger partial charge >= 0.3 is 0 Å². The second-order valence-electron chi connectivity index (χ2n) is 6.22. The van der Waals surface area contributed by atoms with Crippen LogP contribution >= 0.6 is 0 Å². The van der Waals surface area contributed by atoms with Gasteiger partial charge in [-0.15, -0.1) is 0 Å². The van der Waals surface area contributed by atoms with Gasteiger partial charge in [0.25, 0.3) is 0 Å². The lowest BCUT2D eigenvalue weighted by atomic mass is 10.1. The average Bonchev–Trinajstić information content (AvgIpc) is 3.19. The Hall–Kier alpha value is -3.47. The number of hydrogen-bond donors (Lipinski definition) is 2. The van der Waals surface area contributed by atoms with Crippen molar-refractivity contribution in [1.29, 1.82) is 5.41 Å². The SMILES string of the molecule is N=C(N)c1nn(-c2ccc3c(c2)Cc2ccccc2-3)c2ncccc12. The summed E-state index contributed by atoms with van der Waals surface area (Å²) in [6.07, 6.45) is 2.65. The lowest BCUT2D eigenvalue weighted by molar-refractivity contribution is 0.888. The van der Waals surface area contributed by atoms with Crippen molar-refractivity contribution in [3.63, 3.8) is 0 Å². The largest absolute Gasteiger partial charge is 0.382 e. The molecule has 2 heterocycles. The second kappa shape index (κ2) is 5.01. The zero-order valence-corrected chi connectivity index (χ0v) is 13.4. The fourth-order valence-corrected chi connectivity index (χ4v) is 3.59. The van der Waals surface area contributed by atoms with Crippen LogP contribution in [0.3, 0.4) is 0 Å². The minimum Gasteiger partial charge on any atom is -0.382 e. The van der Waals surface area contributed by atoms with Gasteiger partial charge in [0.15, 0.2) is 5.65 Å². The topological polar surface area (TPSA) is 80.6 Å². The molecule has 3 N–H and O–H groups in total. The van der Waals surface area contributed by atoms with Crippen LogP contribution in [0.15, 0.2) is 60.8 Å². The number of nitrogens with one attached hydrogen (secondary N) is 1. The van der Waals surface area contributed by atoms with Crippen LogP contribution in [0.4, 0.5) is 0 Å². The van der Waals surface area contributed by atoms with Crippen LogP contribution in [-0.2, 0) is 6.42 Å². The Morgan fingerprint density at radius 3 is 2.72 bits per heavy atom. The van der Waals surface area contributed by atoms with Gasteiger partial charge in [0.1, 0.15) is 11.5 Å². The van der Waals surface area contributed by atoms with Gasteiger partial charge in [-0.05, 0) is 52.9 Å². The van der Waals surface area contributed by atoms with Gasteiger partial charge in [-0.3, -0.25) is 5.41 Å². The van der Waals surface area contributed by atoms with Gasteiger partial charge in [-0.1, -0.05) is 30.3 Å². The first-order valence-electron chi connectivity index (χ1n) is 8.12. The van der Waals surface area contributed by atoms with Crippen molar-refractivity contribution in [1.82, 2.24) is 14.8 Å². The quantitative estimate of drug-likeness (QED) is 0.386. The fourth-order valence-electron chi connectivity index (χ4n) is 3.59. The summed E-state index contributed by atoms with van der Waals surface area (Å²) >= 11 is 0. The molecule has 0 bridgehead atoms. The molecule has 5 heteroatoms. The van der Waals surface area contributed by atoms with Crippen LogP contribution in [0.25, 0.3) is 27.8 Å². The number of benzene rings is 2. The summed E-state index contributed by atoms with van der Waals surface area (Å²) in [5, 5.41) is 13.1. The van der Waals surface area contributed by atoms with Crippen LogP contribution in [0, 0.1) is 5.41 Å². The molecule has 0 spiro atoms. The second-order valence-corrected chi connectivity index (χ2v) is 6.22. The standard InChI is InChI=1S/C20H15N5/c21-19(22)18-17-6-3-9-23-20(17)25(24-18)14-7-8-16-13(11-14)10-12-4-1-2-5-15(12)16/h1-9,11H,10H2,(H3,21,22). The molecule has 1 aliphatic rings. The first-order chi connectivity index (χ1) is 12.2. The molecule has 0 amide bonds. The normalized spacial score (nSPS) is 12.2. The molecule has 0 unspecified atom stereocenters. The number of nitrogens with zero attached hydrogens (tertiary/aromatic N) is 3. The highest BCUT2D eigenvalue weighted by atomic mass is 15.3. The van der Waals surface area contributed by atoms with E-state index in [4.69, 9.17) is 11.1 Å². The van der Waals surface area contributed by atoms with Gasteiger partial charge in [0.2, 0.25) is 0 Å². The van der Waals surface area contributed by atoms with E-state index in [0.29, 0.717) is 11.3 Å². The van der Waals surface area contributed by atoms with Crippen LogP contribution in [0.1, 0.15) is 16.8 Å². The molecule has 4 aromatic rings. The summed E-state index contributed by atoms with van der Waals surface area (Å²) in [7, 11) is 0. The van der Waals surface area contributed by atoms with E-state index in [1.54, 1.807) is 10.9 Å². The molecular formula is C20H15N5. The van der Waals surface area contributed by atoms with E-state index in [2.05, 4.69) is 46.5 Å². The number of amidine groups is 1. The number of rotatable bonds is 2. The maximum atomic E-state index is 7.78. The van der Waals surface area contributed by atoms with Gasteiger partial charge in [0, 0.05) is 6.20 Å². The lowest BCUT2D eigenvalue weighted by Crippen LogP contribution is -2.12. The van der Waals surface area contributed by atoms with E-state index in [9.17, 15) is 0 Å². The molecule has 2 aromatic carbocycles. The van der Waals surface area contributed by atoms with Crippen molar-refractivity contribution in [2.45, 2.75) is 6.42 Å². The summed E-state index contributed by atoms with van der Waals surface area (Å²) in [6.45, 7) is 0. The zero-order valence-electron chi connectivity index (χ0n) is 13.4. The van der Waals surface area contributed by atoms with Crippen LogP contribution in [0.5, 0.6) is 0 Å². The summed E-state index contributed by atoms with van der Waals surface area (Å²) in [6, 6.07) is 18.6. The Bertz CT molecular complexity index is 1160. The lowest BCUT2D eigenvalue weighted by Gasteiger charge is -2.06. The van der Waals surface area contributed by atoms with Gasteiger partial charge in [-0.2, -0.15) is 5.10 Å². The van der Waals surface area contributed by atoms with E-state index in [0.717, 1.165) is 17.5 Å². The predicted octanol–water partition coefficient (Wildman–Crippen LogP) is 3.28. The van der Waals surface area contributed by atoms with Gasteiger partial charge < -0.3 is 5.73 Å². The monoisotopic (exact) mass is 325 g/mol. The van der Waals surface area contributed by atoms with Gasteiger partial charge in [-0.25, -0.2) is 9.67 Å². The maximum Gasteiger partial charge on any atom is 0.163 e. The third-order valence-electron chi connectivity index (χ3n) is 4.72. The van der Waals surface area contributed by atoms with E-state index in [1.807, 2.05) is 18.2 Å². The number of nitrogen functional groups attached to an aromatic ring is 1. The Balaban J connectivity index is 1.70. The molecule has 5 nitrogen and oxygen atoms in total. The zero-order chi connectivity index (χ0) is 17.0. The highest BCUT2D eigenvalue weighted by Crippen LogP contribution is 2.37. The number of hydrogen-bond acceptors (Lipinski definition) is 3. The Morgan fingerprint density at radius 1 is 1.00 bits per heavy atom. The number of nitrogens with two attached hydrogens (primary N) is 1. The molecule has 120 valence electrons. The van der Waals surface area contributed by atoms with Crippen LogP contribution < -0.4 is 5.73 Å². The molecular weight excluding hydrogens is 310 g/mol. The number of fused-ring (bicyclic) bond motifs is 4. The molecule has 0 radical (unpaired) electrons. The maximum absolute atomic E-state index is 7.78. The number of pyridine rings is 1.